The van der Waals surface area contributed by atoms with E-state index in [2.05, 4.69) is 30.8 Å². The number of nitrogens with zero attached hydrogens (tertiary/aromatic N) is 5. The van der Waals surface area contributed by atoms with Crippen molar-refractivity contribution in [2.24, 2.45) is 0 Å². The SMILES string of the molecule is Nc1cc2sc(CNC(=O)[C@@H]3CCc4ncc(NC(=O)c5nnc(C6=C/CCC\C=C/C=C\6F)s5)c(=O)n43)cc2cn1. The molecule has 0 saturated carbocycles. The predicted octanol–water partition coefficient (Wildman–Crippen LogP) is 4.32. The number of nitrogens with one attached hydrogen (secondary N) is 2. The van der Waals surface area contributed by atoms with E-state index in [1.807, 2.05) is 12.1 Å². The number of nitrogens with two attached hydrogens (primary N) is 1. The van der Waals surface area contributed by atoms with Crippen LogP contribution in [0.15, 0.2) is 59.5 Å². The molecule has 4 aromatic heterocycles. The second-order valence-electron chi connectivity index (χ2n) is 9.75. The number of aryl methyl sites for hydroxylation is 1. The molecular formula is C28H25FN8O3S2. The summed E-state index contributed by atoms with van der Waals surface area (Å²) >= 11 is 2.43. The molecule has 2 aliphatic rings. The van der Waals surface area contributed by atoms with Crippen molar-refractivity contribution in [1.82, 2.24) is 30.0 Å². The summed E-state index contributed by atoms with van der Waals surface area (Å²) in [6.45, 7) is 0.282. The number of anilines is 2. The number of fused-ring (bicyclic) bond motifs is 2. The fraction of sp³-hybridized carbons (Fsp3) is 0.250. The Morgan fingerprint density at radius 3 is 2.90 bits per heavy atom. The largest absolute Gasteiger partial charge is 0.384 e. The third kappa shape index (κ3) is 5.63. The minimum absolute atomic E-state index is 0.0337. The molecule has 0 fully saturated rings. The number of amides is 2. The Balaban J connectivity index is 1.16. The number of pyridine rings is 1. The van der Waals surface area contributed by atoms with Gasteiger partial charge in [0.1, 0.15) is 29.2 Å². The molecule has 1 aliphatic carbocycles. The normalized spacial score (nSPS) is 19.9. The molecule has 0 unspecified atom stereocenters. The maximum absolute atomic E-state index is 14.7. The number of carbonyl (C=O) groups excluding carboxylic acids is 2. The lowest BCUT2D eigenvalue weighted by Crippen LogP contribution is -2.36. The second kappa shape index (κ2) is 11.7. The van der Waals surface area contributed by atoms with Gasteiger partial charge in [-0.2, -0.15) is 0 Å². The first-order chi connectivity index (χ1) is 20.4. The summed E-state index contributed by atoms with van der Waals surface area (Å²) in [7, 11) is 0. The first kappa shape index (κ1) is 27.6. The molecule has 4 N–H and O–H groups in total. The first-order valence-electron chi connectivity index (χ1n) is 13.3. The monoisotopic (exact) mass is 604 g/mol. The Hall–Kier alpha value is -4.56. The average molecular weight is 605 g/mol. The zero-order valence-electron chi connectivity index (χ0n) is 22.2. The molecule has 14 heteroatoms. The van der Waals surface area contributed by atoms with E-state index >= 15 is 0 Å². The van der Waals surface area contributed by atoms with E-state index in [0.29, 0.717) is 30.9 Å². The van der Waals surface area contributed by atoms with Crippen LogP contribution in [0.2, 0.25) is 0 Å². The number of thiophene rings is 1. The number of halogens is 1. The molecule has 6 rings (SSSR count). The van der Waals surface area contributed by atoms with Gasteiger partial charge in [-0.25, -0.2) is 14.4 Å². The summed E-state index contributed by atoms with van der Waals surface area (Å²) in [5, 5.41) is 14.5. The number of hydrogen-bond donors (Lipinski definition) is 3. The smallest absolute Gasteiger partial charge is 0.286 e. The van der Waals surface area contributed by atoms with E-state index in [1.54, 1.807) is 24.4 Å². The van der Waals surface area contributed by atoms with Crippen molar-refractivity contribution in [3.05, 3.63) is 85.7 Å². The number of nitrogen functional groups attached to an aromatic ring is 1. The molecule has 1 atom stereocenters. The Morgan fingerprint density at radius 1 is 1.14 bits per heavy atom. The van der Waals surface area contributed by atoms with Gasteiger partial charge < -0.3 is 16.4 Å². The summed E-state index contributed by atoms with van der Waals surface area (Å²) in [4.78, 5) is 48.8. The summed E-state index contributed by atoms with van der Waals surface area (Å²) in [5.74, 6) is -0.572. The second-order valence-corrected chi connectivity index (χ2v) is 11.9. The Bertz CT molecular complexity index is 1850. The van der Waals surface area contributed by atoms with E-state index in [4.69, 9.17) is 5.73 Å². The number of hydrogen-bond acceptors (Lipinski definition) is 10. The summed E-state index contributed by atoms with van der Waals surface area (Å²) in [5.41, 5.74) is 5.41. The fourth-order valence-corrected chi connectivity index (χ4v) is 6.63. The van der Waals surface area contributed by atoms with Crippen molar-refractivity contribution in [3.8, 4) is 0 Å². The van der Waals surface area contributed by atoms with Gasteiger partial charge in [0.05, 0.1) is 12.7 Å². The molecule has 0 spiro atoms. The van der Waals surface area contributed by atoms with E-state index in [0.717, 1.165) is 39.1 Å². The minimum Gasteiger partial charge on any atom is -0.384 e. The van der Waals surface area contributed by atoms with Gasteiger partial charge in [-0.15, -0.1) is 21.5 Å². The number of carbonyl (C=O) groups is 2. The van der Waals surface area contributed by atoms with E-state index in [9.17, 15) is 18.8 Å². The number of aromatic nitrogens is 5. The maximum Gasteiger partial charge on any atom is 0.286 e. The van der Waals surface area contributed by atoms with Gasteiger partial charge in [0.25, 0.3) is 11.5 Å². The zero-order chi connectivity index (χ0) is 29.2. The topological polar surface area (TPSA) is 158 Å². The van der Waals surface area contributed by atoms with Gasteiger partial charge in [0, 0.05) is 33.2 Å². The van der Waals surface area contributed by atoms with Crippen LogP contribution in [0.5, 0.6) is 0 Å². The lowest BCUT2D eigenvalue weighted by atomic mass is 10.1. The van der Waals surface area contributed by atoms with Crippen molar-refractivity contribution < 1.29 is 14.0 Å². The summed E-state index contributed by atoms with van der Waals surface area (Å²) < 4.78 is 17.0. The van der Waals surface area contributed by atoms with Crippen molar-refractivity contribution >= 4 is 61.7 Å². The lowest BCUT2D eigenvalue weighted by Gasteiger charge is -2.15. The van der Waals surface area contributed by atoms with Crippen molar-refractivity contribution in [2.75, 3.05) is 11.1 Å². The van der Waals surface area contributed by atoms with Crippen LogP contribution in [-0.2, 0) is 17.8 Å². The molecule has 2 amide bonds. The van der Waals surface area contributed by atoms with Crippen LogP contribution in [0.4, 0.5) is 15.9 Å². The number of allylic oxidation sites excluding steroid dienone is 6. The first-order valence-corrected chi connectivity index (χ1v) is 14.9. The molecule has 0 saturated heterocycles. The van der Waals surface area contributed by atoms with E-state index in [-0.39, 0.29) is 33.7 Å². The quantitative estimate of drug-likeness (QED) is 0.294. The third-order valence-corrected chi connectivity index (χ3v) is 8.95. The highest BCUT2D eigenvalue weighted by Gasteiger charge is 2.31. The van der Waals surface area contributed by atoms with Crippen molar-refractivity contribution in [1.29, 1.82) is 0 Å². The molecule has 1 aliphatic heterocycles. The Labute approximate surface area is 246 Å². The van der Waals surface area contributed by atoms with Gasteiger partial charge in [-0.05, 0) is 43.9 Å². The molecule has 5 heterocycles. The van der Waals surface area contributed by atoms with E-state index < -0.39 is 23.3 Å². The molecule has 214 valence electrons. The molecule has 4 aromatic rings. The molecular weight excluding hydrogens is 579 g/mol. The van der Waals surface area contributed by atoms with E-state index in [1.165, 1.54) is 28.2 Å². The van der Waals surface area contributed by atoms with Gasteiger partial charge in [0.15, 0.2) is 5.01 Å². The average Bonchev–Trinajstić information content (AvgIpc) is 3.73. The van der Waals surface area contributed by atoms with Gasteiger partial charge >= 0.3 is 0 Å². The highest BCUT2D eigenvalue weighted by molar-refractivity contribution is 7.19. The maximum atomic E-state index is 14.7. The van der Waals surface area contributed by atoms with Crippen LogP contribution in [0, 0.1) is 0 Å². The zero-order valence-corrected chi connectivity index (χ0v) is 23.8. The molecule has 0 bridgehead atoms. The standard InChI is InChI=1S/C28H25FN8O3S2/c29-18-7-5-3-1-2-4-6-17(18)26-35-36-27(42-26)25(39)34-19-14-32-23-9-8-20(37(23)28(19)40)24(38)33-13-16-10-15-12-31-22(30)11-21(15)41-16/h3,5-7,10-12,14,20H,1-2,4,8-9,13H2,(H2,30,31)(H,33,38)(H,34,39)/b5-3-,17-6+,18-7+/t20-/m0/s1. The minimum atomic E-state index is -0.768. The van der Waals surface area contributed by atoms with Crippen LogP contribution < -0.4 is 21.9 Å². The third-order valence-electron chi connectivity index (χ3n) is 6.89. The lowest BCUT2D eigenvalue weighted by molar-refractivity contribution is -0.124. The van der Waals surface area contributed by atoms with Gasteiger partial charge in [0.2, 0.25) is 10.9 Å². The van der Waals surface area contributed by atoms with Crippen LogP contribution in [0.1, 0.15) is 57.2 Å². The van der Waals surface area contributed by atoms with Crippen LogP contribution in [0.3, 0.4) is 0 Å². The van der Waals surface area contributed by atoms with Gasteiger partial charge in [-0.3, -0.25) is 19.0 Å². The summed E-state index contributed by atoms with van der Waals surface area (Å²) in [6.07, 6.45) is 12.8. The highest BCUT2D eigenvalue weighted by atomic mass is 32.1. The molecule has 0 radical (unpaired) electrons. The molecule has 0 aromatic carbocycles. The summed E-state index contributed by atoms with van der Waals surface area (Å²) in [6, 6.07) is 2.95. The van der Waals surface area contributed by atoms with Crippen LogP contribution in [-0.4, -0.2) is 36.5 Å². The number of rotatable bonds is 6. The fourth-order valence-electron chi connectivity index (χ4n) is 4.83. The van der Waals surface area contributed by atoms with Crippen LogP contribution >= 0.6 is 22.7 Å². The predicted molar refractivity (Wildman–Crippen MR) is 160 cm³/mol. The Kier molecular flexibility index (Phi) is 7.71. The molecule has 11 nitrogen and oxygen atoms in total. The van der Waals surface area contributed by atoms with Crippen LogP contribution in [0.25, 0.3) is 15.7 Å². The van der Waals surface area contributed by atoms with Crippen molar-refractivity contribution in [3.63, 3.8) is 0 Å². The Morgan fingerprint density at radius 2 is 2.02 bits per heavy atom. The highest BCUT2D eigenvalue weighted by Crippen LogP contribution is 2.30. The molecule has 42 heavy (non-hydrogen) atoms. The van der Waals surface area contributed by atoms with Gasteiger partial charge in [-0.1, -0.05) is 29.6 Å². The van der Waals surface area contributed by atoms with Crippen molar-refractivity contribution in [2.45, 2.75) is 44.7 Å².